The van der Waals surface area contributed by atoms with Gasteiger partial charge in [-0.25, -0.2) is 4.79 Å². The van der Waals surface area contributed by atoms with Gasteiger partial charge in [0.05, 0.1) is 12.1 Å². The van der Waals surface area contributed by atoms with Gasteiger partial charge in [0.1, 0.15) is 0 Å². The molecule has 0 radical (unpaired) electrons. The summed E-state index contributed by atoms with van der Waals surface area (Å²) in [4.78, 5) is 21.1. The Kier molecular flexibility index (Phi) is 5.20. The summed E-state index contributed by atoms with van der Waals surface area (Å²) in [5.41, 5.74) is 5.49. The van der Waals surface area contributed by atoms with Crippen molar-refractivity contribution in [3.8, 4) is 11.5 Å². The van der Waals surface area contributed by atoms with Crippen molar-refractivity contribution in [2.45, 2.75) is 0 Å². The highest BCUT2D eigenvalue weighted by Crippen LogP contribution is 2.36. The van der Waals surface area contributed by atoms with Crippen molar-refractivity contribution < 1.29 is 24.2 Å². The number of carboxylic acid groups (broad SMARTS) is 1. The Hall–Kier alpha value is -2.21. The predicted octanol–water partition coefficient (Wildman–Crippen LogP) is 1.31. The second-order valence-electron chi connectivity index (χ2n) is 3.46. The zero-order valence-corrected chi connectivity index (χ0v) is 10.8. The van der Waals surface area contributed by atoms with Gasteiger partial charge in [0.2, 0.25) is 0 Å². The minimum atomic E-state index is -1.08. The molecule has 0 aliphatic carbocycles. The van der Waals surface area contributed by atoms with Gasteiger partial charge in [-0.3, -0.25) is 4.79 Å². The number of benzene rings is 1. The van der Waals surface area contributed by atoms with E-state index < -0.39 is 11.9 Å². The van der Waals surface area contributed by atoms with E-state index in [1.165, 1.54) is 25.3 Å². The first-order valence-corrected chi connectivity index (χ1v) is 5.51. The number of ether oxygens (including phenoxy) is 2. The Morgan fingerprint density at radius 3 is 2.68 bits per heavy atom. The van der Waals surface area contributed by atoms with Crippen molar-refractivity contribution >= 4 is 29.6 Å². The van der Waals surface area contributed by atoms with Crippen LogP contribution in [0.15, 0.2) is 18.2 Å². The highest BCUT2D eigenvalue weighted by molar-refractivity contribution is 6.32. The lowest BCUT2D eigenvalue weighted by Gasteiger charge is -2.12. The molecule has 1 aromatic rings. The van der Waals surface area contributed by atoms with Crippen LogP contribution < -0.4 is 15.2 Å². The second-order valence-corrected chi connectivity index (χ2v) is 3.87. The van der Waals surface area contributed by atoms with E-state index in [9.17, 15) is 9.59 Å². The van der Waals surface area contributed by atoms with Crippen LogP contribution in [0.4, 0.5) is 0 Å². The number of carbonyl (C=O) groups excluding carboxylic acids is 1. The van der Waals surface area contributed by atoms with Gasteiger partial charge in [-0.05, 0) is 23.8 Å². The molecule has 6 nitrogen and oxygen atoms in total. The van der Waals surface area contributed by atoms with Crippen LogP contribution in [-0.2, 0) is 9.59 Å². The lowest BCUT2D eigenvalue weighted by Crippen LogP contribution is -2.20. The van der Waals surface area contributed by atoms with Gasteiger partial charge in [-0.2, -0.15) is 0 Å². The smallest absolute Gasteiger partial charge is 0.328 e. The molecule has 7 heteroatoms. The summed E-state index contributed by atoms with van der Waals surface area (Å²) in [6, 6.07) is 3.02. The van der Waals surface area contributed by atoms with Gasteiger partial charge < -0.3 is 20.3 Å². The van der Waals surface area contributed by atoms with E-state index in [1.807, 2.05) is 0 Å². The molecule has 0 aliphatic rings. The molecular weight excluding hydrogens is 274 g/mol. The summed E-state index contributed by atoms with van der Waals surface area (Å²) in [6.07, 6.45) is 2.32. The average Bonchev–Trinajstić information content (AvgIpc) is 2.34. The third-order valence-corrected chi connectivity index (χ3v) is 2.31. The van der Waals surface area contributed by atoms with Gasteiger partial charge in [0.15, 0.2) is 18.1 Å². The third-order valence-electron chi connectivity index (χ3n) is 2.03. The summed E-state index contributed by atoms with van der Waals surface area (Å²) in [6.45, 7) is -0.333. The van der Waals surface area contributed by atoms with Crippen LogP contribution in [0.5, 0.6) is 11.5 Å². The fraction of sp³-hybridized carbons (Fsp3) is 0.167. The zero-order valence-electron chi connectivity index (χ0n) is 10.1. The molecule has 102 valence electrons. The summed E-state index contributed by atoms with van der Waals surface area (Å²) in [5, 5.41) is 8.73. The van der Waals surface area contributed by atoms with Gasteiger partial charge in [0, 0.05) is 6.08 Å². The number of nitrogens with two attached hydrogens (primary N) is 1. The van der Waals surface area contributed by atoms with Crippen LogP contribution in [0, 0.1) is 0 Å². The SMILES string of the molecule is COc1cc(C=CC(=O)O)cc(Cl)c1OCC(N)=O. The maximum absolute atomic E-state index is 10.7. The molecule has 0 aliphatic heterocycles. The second kappa shape index (κ2) is 6.65. The van der Waals surface area contributed by atoms with E-state index in [-0.39, 0.29) is 23.1 Å². The first-order chi connectivity index (χ1) is 8.93. The average molecular weight is 286 g/mol. The van der Waals surface area contributed by atoms with E-state index in [4.69, 9.17) is 31.9 Å². The van der Waals surface area contributed by atoms with Crippen molar-refractivity contribution in [2.24, 2.45) is 5.73 Å². The normalized spacial score (nSPS) is 10.4. The predicted molar refractivity (Wildman–Crippen MR) is 69.4 cm³/mol. The molecule has 0 heterocycles. The Bertz CT molecular complexity index is 527. The van der Waals surface area contributed by atoms with Crippen LogP contribution in [0.25, 0.3) is 6.08 Å². The molecule has 0 atom stereocenters. The van der Waals surface area contributed by atoms with Crippen LogP contribution in [0.1, 0.15) is 5.56 Å². The van der Waals surface area contributed by atoms with E-state index >= 15 is 0 Å². The summed E-state index contributed by atoms with van der Waals surface area (Å²) in [7, 11) is 1.40. The summed E-state index contributed by atoms with van der Waals surface area (Å²) in [5.74, 6) is -1.27. The highest BCUT2D eigenvalue weighted by Gasteiger charge is 2.12. The number of halogens is 1. The lowest BCUT2D eigenvalue weighted by molar-refractivity contribution is -0.131. The molecule has 0 saturated carbocycles. The van der Waals surface area contributed by atoms with Crippen molar-refractivity contribution in [2.75, 3.05) is 13.7 Å². The maximum Gasteiger partial charge on any atom is 0.328 e. The lowest BCUT2D eigenvalue weighted by atomic mass is 10.2. The van der Waals surface area contributed by atoms with E-state index in [1.54, 1.807) is 0 Å². The quantitative estimate of drug-likeness (QED) is 0.768. The molecule has 1 rings (SSSR count). The van der Waals surface area contributed by atoms with Crippen molar-refractivity contribution in [1.29, 1.82) is 0 Å². The first kappa shape index (κ1) is 14.8. The number of aliphatic carboxylic acids is 1. The molecule has 0 saturated heterocycles. The molecule has 0 aromatic heterocycles. The number of carbonyl (C=O) groups is 2. The molecular formula is C12H12ClNO5. The summed E-state index contributed by atoms with van der Waals surface area (Å²) < 4.78 is 10.2. The highest BCUT2D eigenvalue weighted by atomic mass is 35.5. The molecule has 1 aromatic carbocycles. The molecule has 3 N–H and O–H groups in total. The summed E-state index contributed by atoms with van der Waals surface area (Å²) >= 11 is 5.97. The van der Waals surface area contributed by atoms with Gasteiger partial charge in [-0.15, -0.1) is 0 Å². The molecule has 0 fully saturated rings. The molecule has 0 spiro atoms. The molecule has 0 bridgehead atoms. The van der Waals surface area contributed by atoms with Crippen LogP contribution in [-0.4, -0.2) is 30.7 Å². The number of methoxy groups -OCH3 is 1. The number of hydrogen-bond donors (Lipinski definition) is 2. The first-order valence-electron chi connectivity index (χ1n) is 5.13. The minimum Gasteiger partial charge on any atom is -0.493 e. The Balaban J connectivity index is 3.07. The van der Waals surface area contributed by atoms with Gasteiger partial charge in [0.25, 0.3) is 5.91 Å². The van der Waals surface area contributed by atoms with Crippen molar-refractivity contribution in [3.05, 3.63) is 28.8 Å². The largest absolute Gasteiger partial charge is 0.493 e. The van der Waals surface area contributed by atoms with E-state index in [2.05, 4.69) is 0 Å². The van der Waals surface area contributed by atoms with Crippen LogP contribution in [0.3, 0.4) is 0 Å². The van der Waals surface area contributed by atoms with Crippen molar-refractivity contribution in [1.82, 2.24) is 0 Å². The molecule has 19 heavy (non-hydrogen) atoms. The van der Waals surface area contributed by atoms with Crippen molar-refractivity contribution in [3.63, 3.8) is 0 Å². The van der Waals surface area contributed by atoms with Crippen LogP contribution in [0.2, 0.25) is 5.02 Å². The van der Waals surface area contributed by atoms with Crippen LogP contribution >= 0.6 is 11.6 Å². The Morgan fingerprint density at radius 1 is 1.47 bits per heavy atom. The fourth-order valence-electron chi connectivity index (χ4n) is 1.29. The Labute approximate surface area is 114 Å². The molecule has 1 amide bonds. The molecule has 0 unspecified atom stereocenters. The number of carboxylic acids is 1. The minimum absolute atomic E-state index is 0.176. The third kappa shape index (κ3) is 4.51. The maximum atomic E-state index is 10.7. The topological polar surface area (TPSA) is 98.8 Å². The van der Waals surface area contributed by atoms with Gasteiger partial charge in [-0.1, -0.05) is 11.6 Å². The standard InChI is InChI=1S/C12H12ClNO5/c1-18-9-5-7(2-3-11(16)17)4-8(13)12(9)19-6-10(14)15/h2-5H,6H2,1H3,(H2,14,15)(H,16,17). The van der Waals surface area contributed by atoms with E-state index in [0.717, 1.165) is 6.08 Å². The van der Waals surface area contributed by atoms with E-state index in [0.29, 0.717) is 5.56 Å². The zero-order chi connectivity index (χ0) is 14.4. The number of rotatable bonds is 6. The van der Waals surface area contributed by atoms with Gasteiger partial charge >= 0.3 is 5.97 Å². The number of hydrogen-bond acceptors (Lipinski definition) is 4. The number of amides is 1. The Morgan fingerprint density at radius 2 is 2.16 bits per heavy atom. The number of primary amides is 1. The monoisotopic (exact) mass is 285 g/mol. The fourth-order valence-corrected chi connectivity index (χ4v) is 1.56.